The van der Waals surface area contributed by atoms with E-state index in [2.05, 4.69) is 161 Å². The van der Waals surface area contributed by atoms with Crippen LogP contribution in [0.5, 0.6) is 0 Å². The average molecular weight is 695 g/mol. The van der Waals surface area contributed by atoms with Gasteiger partial charge in [0.15, 0.2) is 0 Å². The van der Waals surface area contributed by atoms with Gasteiger partial charge < -0.3 is 0 Å². The Labute approximate surface area is 309 Å². The van der Waals surface area contributed by atoms with Crippen molar-refractivity contribution in [3.05, 3.63) is 167 Å². The molecule has 6 aromatic carbocycles. The monoisotopic (exact) mass is 694 g/mol. The van der Waals surface area contributed by atoms with E-state index in [1.54, 1.807) is 0 Å². The molecule has 51 heavy (non-hydrogen) atoms. The number of rotatable bonds is 4. The summed E-state index contributed by atoms with van der Waals surface area (Å²) >= 11 is 3.72. The van der Waals surface area contributed by atoms with Gasteiger partial charge in [-0.25, -0.2) is 0 Å². The van der Waals surface area contributed by atoms with Gasteiger partial charge in [-0.2, -0.15) is 0 Å². The Morgan fingerprint density at radius 2 is 0.745 bits per heavy atom. The highest BCUT2D eigenvalue weighted by Gasteiger charge is 2.51. The van der Waals surface area contributed by atoms with Crippen LogP contribution in [0.15, 0.2) is 143 Å². The minimum absolute atomic E-state index is 0.000515. The van der Waals surface area contributed by atoms with Crippen molar-refractivity contribution in [1.29, 1.82) is 0 Å². The zero-order valence-corrected chi connectivity index (χ0v) is 31.0. The van der Waals surface area contributed by atoms with Gasteiger partial charge in [-0.05, 0) is 107 Å². The van der Waals surface area contributed by atoms with E-state index < -0.39 is 5.41 Å². The zero-order valence-electron chi connectivity index (χ0n) is 29.3. The van der Waals surface area contributed by atoms with E-state index in [1.165, 1.54) is 77.9 Å². The van der Waals surface area contributed by atoms with Gasteiger partial charge in [0, 0.05) is 22.6 Å². The molecule has 6 aromatic rings. The number of thioether (sulfide) groups is 2. The molecule has 0 amide bonds. The van der Waals surface area contributed by atoms with E-state index in [0.717, 1.165) is 21.6 Å². The zero-order chi connectivity index (χ0) is 34.5. The molecule has 0 unspecified atom stereocenters. The lowest BCUT2D eigenvalue weighted by molar-refractivity contribution is 0.605. The highest BCUT2D eigenvalue weighted by Crippen LogP contribution is 2.63. The first-order chi connectivity index (χ1) is 24.7. The van der Waals surface area contributed by atoms with Gasteiger partial charge in [-0.15, -0.1) is 23.5 Å². The maximum Gasteiger partial charge on any atom is 0.0984 e. The highest BCUT2D eigenvalue weighted by atomic mass is 32.2. The number of hydrogen-bond donors (Lipinski definition) is 0. The van der Waals surface area contributed by atoms with Gasteiger partial charge in [0.2, 0.25) is 0 Å². The number of hydrogen-bond acceptors (Lipinski definition) is 4. The summed E-state index contributed by atoms with van der Waals surface area (Å²) < 4.78 is 0. The molecular formula is C47H38N2S2. The molecule has 2 aliphatic carbocycles. The summed E-state index contributed by atoms with van der Waals surface area (Å²) in [6, 6.07) is 50.5. The highest BCUT2D eigenvalue weighted by molar-refractivity contribution is 8.15. The Morgan fingerprint density at radius 1 is 0.392 bits per heavy atom. The van der Waals surface area contributed by atoms with Gasteiger partial charge in [-0.3, -0.25) is 9.98 Å². The average Bonchev–Trinajstić information content (AvgIpc) is 3.88. The lowest BCUT2D eigenvalue weighted by Gasteiger charge is -2.31. The summed E-state index contributed by atoms with van der Waals surface area (Å²) in [6.07, 6.45) is 0. The molecule has 0 fully saturated rings. The van der Waals surface area contributed by atoms with Crippen molar-refractivity contribution in [2.45, 2.75) is 44.2 Å². The second-order valence-corrected chi connectivity index (χ2v) is 17.5. The predicted octanol–water partition coefficient (Wildman–Crippen LogP) is 11.9. The lowest BCUT2D eigenvalue weighted by Crippen LogP contribution is -2.26. The molecule has 0 saturated heterocycles. The van der Waals surface area contributed by atoms with Crippen LogP contribution < -0.4 is 0 Å². The number of nitrogens with zero attached hydrogens (tertiary/aromatic N) is 2. The standard InChI is InChI=1S/C47H38N2S2/c1-45(2)27-50-43(48-45)31-17-13-29(14-18-31)33-21-23-37-38-24-22-34(30-15-19-32(20-16-30)44-49-46(3,4)28-51-44)26-42(38)47(41(37)25-33)39-11-7-5-9-35(39)36-10-6-8-12-40(36)47/h5-26H,27-28H2,1-4H3. The molecule has 2 heterocycles. The first-order valence-corrected chi connectivity index (χ1v) is 19.8. The van der Waals surface area contributed by atoms with Crippen molar-refractivity contribution in [2.24, 2.45) is 9.98 Å². The van der Waals surface area contributed by atoms with Crippen molar-refractivity contribution in [1.82, 2.24) is 0 Å². The molecule has 0 bridgehead atoms. The molecule has 0 aromatic heterocycles. The summed E-state index contributed by atoms with van der Waals surface area (Å²) in [6.45, 7) is 8.85. The summed E-state index contributed by atoms with van der Waals surface area (Å²) in [5, 5.41) is 2.30. The van der Waals surface area contributed by atoms with Crippen LogP contribution in [-0.4, -0.2) is 32.7 Å². The molecule has 4 heteroatoms. The largest absolute Gasteiger partial charge is 0.271 e. The first-order valence-electron chi connectivity index (χ1n) is 17.9. The Balaban J connectivity index is 1.13. The van der Waals surface area contributed by atoms with Crippen molar-refractivity contribution in [3.8, 4) is 44.5 Å². The van der Waals surface area contributed by atoms with Crippen molar-refractivity contribution in [3.63, 3.8) is 0 Å². The molecule has 10 rings (SSSR count). The van der Waals surface area contributed by atoms with Crippen molar-refractivity contribution in [2.75, 3.05) is 11.5 Å². The third-order valence-electron chi connectivity index (χ3n) is 11.0. The summed E-state index contributed by atoms with van der Waals surface area (Å²) in [5.74, 6) is 2.06. The van der Waals surface area contributed by atoms with Gasteiger partial charge in [0.05, 0.1) is 26.6 Å². The van der Waals surface area contributed by atoms with Gasteiger partial charge >= 0.3 is 0 Å². The lowest BCUT2D eigenvalue weighted by atomic mass is 9.70. The van der Waals surface area contributed by atoms with E-state index in [-0.39, 0.29) is 11.1 Å². The van der Waals surface area contributed by atoms with Crippen molar-refractivity contribution >= 4 is 33.6 Å². The molecule has 4 aliphatic rings. The van der Waals surface area contributed by atoms with Crippen LogP contribution in [0, 0.1) is 0 Å². The molecule has 1 spiro atoms. The topological polar surface area (TPSA) is 24.7 Å². The Bertz CT molecular complexity index is 2290. The van der Waals surface area contributed by atoms with Gasteiger partial charge in [0.1, 0.15) is 0 Å². The summed E-state index contributed by atoms with van der Waals surface area (Å²) in [5.41, 5.74) is 17.7. The van der Waals surface area contributed by atoms with E-state index >= 15 is 0 Å². The van der Waals surface area contributed by atoms with Crippen LogP contribution >= 0.6 is 23.5 Å². The number of fused-ring (bicyclic) bond motifs is 10. The van der Waals surface area contributed by atoms with Gasteiger partial charge in [-0.1, -0.05) is 121 Å². The first kappa shape index (κ1) is 31.1. The fraction of sp³-hybridized carbons (Fsp3) is 0.191. The number of benzene rings is 6. The molecule has 0 atom stereocenters. The third-order valence-corrected chi connectivity index (χ3v) is 13.9. The number of aliphatic imine (C=N–C) groups is 2. The minimum atomic E-state index is -0.411. The van der Waals surface area contributed by atoms with Crippen LogP contribution in [0.2, 0.25) is 0 Å². The molecular weight excluding hydrogens is 657 g/mol. The molecule has 2 aliphatic heterocycles. The van der Waals surface area contributed by atoms with Crippen molar-refractivity contribution < 1.29 is 0 Å². The van der Waals surface area contributed by atoms with E-state index in [9.17, 15) is 0 Å². The van der Waals surface area contributed by atoms with Crippen LogP contribution in [0.25, 0.3) is 44.5 Å². The molecule has 0 N–H and O–H groups in total. The Kier molecular flexibility index (Phi) is 6.82. The fourth-order valence-corrected chi connectivity index (χ4v) is 10.9. The van der Waals surface area contributed by atoms with E-state index in [0.29, 0.717) is 0 Å². The normalized spacial score (nSPS) is 18.2. The summed E-state index contributed by atoms with van der Waals surface area (Å²) in [4.78, 5) is 9.97. The SMILES string of the molecule is CC1(C)CSC(c2ccc(-c3ccc4c(c3)C3(c5ccccc5-c5ccccc53)c3cc(-c5ccc(C6=NC(C)(C)CS6)cc5)ccc3-4)cc2)=N1. The van der Waals surface area contributed by atoms with Gasteiger partial charge in [0.25, 0.3) is 0 Å². The summed E-state index contributed by atoms with van der Waals surface area (Å²) in [7, 11) is 0. The maximum absolute atomic E-state index is 4.98. The second-order valence-electron chi connectivity index (χ2n) is 15.6. The molecule has 0 radical (unpaired) electrons. The Morgan fingerprint density at radius 3 is 1.14 bits per heavy atom. The molecule has 248 valence electrons. The smallest absolute Gasteiger partial charge is 0.0984 e. The molecule has 0 saturated carbocycles. The van der Waals surface area contributed by atoms with Crippen LogP contribution in [0.3, 0.4) is 0 Å². The molecule has 2 nitrogen and oxygen atoms in total. The quantitative estimate of drug-likeness (QED) is 0.183. The third kappa shape index (κ3) is 4.80. The fourth-order valence-electron chi connectivity index (χ4n) is 8.57. The Hall–Kier alpha value is -4.64. The van der Waals surface area contributed by atoms with E-state index in [4.69, 9.17) is 9.98 Å². The maximum atomic E-state index is 4.98. The minimum Gasteiger partial charge on any atom is -0.271 e. The predicted molar refractivity (Wildman–Crippen MR) is 220 cm³/mol. The van der Waals surface area contributed by atoms with E-state index in [1.807, 2.05) is 23.5 Å². The second kappa shape index (κ2) is 11.2. The van der Waals surface area contributed by atoms with Crippen LogP contribution in [0.1, 0.15) is 61.1 Å². The van der Waals surface area contributed by atoms with Crippen LogP contribution in [0.4, 0.5) is 0 Å². The van der Waals surface area contributed by atoms with Crippen LogP contribution in [-0.2, 0) is 5.41 Å².